The van der Waals surface area contributed by atoms with Gasteiger partial charge in [0.05, 0.1) is 0 Å². The van der Waals surface area contributed by atoms with Crippen molar-refractivity contribution in [1.29, 1.82) is 0 Å². The fourth-order valence-corrected chi connectivity index (χ4v) is 1.98. The van der Waals surface area contributed by atoms with Gasteiger partial charge in [0.15, 0.2) is 5.78 Å². The van der Waals surface area contributed by atoms with Crippen molar-refractivity contribution in [3.05, 3.63) is 35.4 Å². The Balaban J connectivity index is 2.07. The van der Waals surface area contributed by atoms with Crippen LogP contribution in [0, 0.1) is 11.6 Å². The maximum Gasteiger partial charge on any atom is 0.166 e. The predicted octanol–water partition coefficient (Wildman–Crippen LogP) is 2.65. The highest BCUT2D eigenvalue weighted by Crippen LogP contribution is 2.18. The van der Waals surface area contributed by atoms with Crippen LogP contribution in [-0.4, -0.2) is 18.5 Å². The monoisotopic (exact) mass is 240 g/mol. The second kappa shape index (κ2) is 5.36. The van der Waals surface area contributed by atoms with Gasteiger partial charge in [-0.15, -0.1) is 0 Å². The molecule has 0 aliphatic carbocycles. The summed E-state index contributed by atoms with van der Waals surface area (Å²) in [5, 5.41) is 0. The van der Waals surface area contributed by atoms with Crippen LogP contribution in [0.2, 0.25) is 0 Å². The maximum atomic E-state index is 13.3. The Morgan fingerprint density at radius 2 is 2.00 bits per heavy atom. The highest BCUT2D eigenvalue weighted by Gasteiger charge is 2.24. The van der Waals surface area contributed by atoms with Crippen LogP contribution >= 0.6 is 0 Å². The van der Waals surface area contributed by atoms with Crippen LogP contribution in [0.3, 0.4) is 0 Å². The van der Waals surface area contributed by atoms with Crippen molar-refractivity contribution >= 4 is 5.78 Å². The fraction of sp³-hybridized carbons (Fsp3) is 0.462. The number of Topliss-reactive ketones (excluding diaryl/α,β-unsaturated/α-hetero) is 1. The summed E-state index contributed by atoms with van der Waals surface area (Å²) < 4.78 is 32.0. The van der Waals surface area contributed by atoms with E-state index in [4.69, 9.17) is 4.74 Å². The molecule has 2 rings (SSSR count). The molecule has 0 saturated carbocycles. The van der Waals surface area contributed by atoms with Crippen molar-refractivity contribution in [1.82, 2.24) is 0 Å². The van der Waals surface area contributed by atoms with E-state index in [1.165, 1.54) is 6.07 Å². The molecule has 0 bridgehead atoms. The standard InChI is InChI=1S/C13H14F2O2/c14-10-4-3-5-11(15)9(10)8-12(16)13-6-1-2-7-17-13/h3-5,13H,1-2,6-8H2. The third-order valence-corrected chi connectivity index (χ3v) is 2.95. The number of hydrogen-bond donors (Lipinski definition) is 0. The molecule has 1 aliphatic rings. The molecule has 2 nitrogen and oxygen atoms in total. The predicted molar refractivity (Wildman–Crippen MR) is 58.7 cm³/mol. The lowest BCUT2D eigenvalue weighted by Gasteiger charge is -2.21. The van der Waals surface area contributed by atoms with Crippen molar-refractivity contribution < 1.29 is 18.3 Å². The smallest absolute Gasteiger partial charge is 0.166 e. The number of halogens is 2. The largest absolute Gasteiger partial charge is 0.370 e. The number of hydrogen-bond acceptors (Lipinski definition) is 2. The third-order valence-electron chi connectivity index (χ3n) is 2.95. The SMILES string of the molecule is O=C(Cc1c(F)cccc1F)C1CCCCO1. The molecule has 1 unspecified atom stereocenters. The van der Waals surface area contributed by atoms with Gasteiger partial charge in [0, 0.05) is 18.6 Å². The Morgan fingerprint density at radius 3 is 2.59 bits per heavy atom. The molecule has 1 aromatic rings. The van der Waals surface area contributed by atoms with Gasteiger partial charge in [-0.05, 0) is 31.4 Å². The Kier molecular flexibility index (Phi) is 3.84. The first-order valence-corrected chi connectivity index (χ1v) is 5.75. The summed E-state index contributed by atoms with van der Waals surface area (Å²) in [4.78, 5) is 11.8. The van der Waals surface area contributed by atoms with Gasteiger partial charge in [-0.2, -0.15) is 0 Å². The first-order valence-electron chi connectivity index (χ1n) is 5.75. The van der Waals surface area contributed by atoms with Crippen LogP contribution in [0.25, 0.3) is 0 Å². The first kappa shape index (κ1) is 12.2. The Morgan fingerprint density at radius 1 is 1.29 bits per heavy atom. The van der Waals surface area contributed by atoms with Gasteiger partial charge in [0.25, 0.3) is 0 Å². The van der Waals surface area contributed by atoms with Crippen molar-refractivity contribution in [2.24, 2.45) is 0 Å². The molecule has 4 heteroatoms. The summed E-state index contributed by atoms with van der Waals surface area (Å²) in [7, 11) is 0. The van der Waals surface area contributed by atoms with Gasteiger partial charge in [-0.3, -0.25) is 4.79 Å². The number of carbonyl (C=O) groups excluding carboxylic acids is 1. The van der Waals surface area contributed by atoms with E-state index in [0.29, 0.717) is 13.0 Å². The molecule has 0 amide bonds. The lowest BCUT2D eigenvalue weighted by atomic mass is 9.99. The normalized spacial score (nSPS) is 20.2. The minimum absolute atomic E-state index is 0.160. The average molecular weight is 240 g/mol. The maximum absolute atomic E-state index is 13.3. The molecule has 1 heterocycles. The van der Waals surface area contributed by atoms with E-state index in [0.717, 1.165) is 25.0 Å². The van der Waals surface area contributed by atoms with E-state index in [2.05, 4.69) is 0 Å². The summed E-state index contributed by atoms with van der Waals surface area (Å²) in [5.74, 6) is -1.59. The molecule has 1 aromatic carbocycles. The summed E-state index contributed by atoms with van der Waals surface area (Å²) >= 11 is 0. The van der Waals surface area contributed by atoms with E-state index in [1.54, 1.807) is 0 Å². The van der Waals surface area contributed by atoms with E-state index in [9.17, 15) is 13.6 Å². The molecule has 1 saturated heterocycles. The molecule has 0 radical (unpaired) electrons. The van der Waals surface area contributed by atoms with Gasteiger partial charge < -0.3 is 4.74 Å². The molecule has 1 aliphatic heterocycles. The quantitative estimate of drug-likeness (QED) is 0.811. The average Bonchev–Trinajstić information content (AvgIpc) is 2.35. The zero-order valence-electron chi connectivity index (χ0n) is 9.42. The third kappa shape index (κ3) is 2.88. The van der Waals surface area contributed by atoms with Crippen molar-refractivity contribution in [2.75, 3.05) is 6.61 Å². The second-order valence-corrected chi connectivity index (χ2v) is 4.20. The summed E-state index contributed by atoms with van der Waals surface area (Å²) in [6.45, 7) is 0.552. The Hall–Kier alpha value is -1.29. The lowest BCUT2D eigenvalue weighted by Crippen LogP contribution is -2.29. The van der Waals surface area contributed by atoms with Crippen LogP contribution in [0.15, 0.2) is 18.2 Å². The van der Waals surface area contributed by atoms with Crippen LogP contribution in [0.5, 0.6) is 0 Å². The van der Waals surface area contributed by atoms with Gasteiger partial charge in [0.1, 0.15) is 17.7 Å². The number of rotatable bonds is 3. The second-order valence-electron chi connectivity index (χ2n) is 4.20. The van der Waals surface area contributed by atoms with Crippen molar-refractivity contribution in [2.45, 2.75) is 31.8 Å². The highest BCUT2D eigenvalue weighted by atomic mass is 19.1. The van der Waals surface area contributed by atoms with Crippen molar-refractivity contribution in [3.8, 4) is 0 Å². The molecule has 0 spiro atoms. The molecular weight excluding hydrogens is 226 g/mol. The minimum atomic E-state index is -0.672. The molecular formula is C13H14F2O2. The Bertz CT molecular complexity index is 392. The molecule has 17 heavy (non-hydrogen) atoms. The van der Waals surface area contributed by atoms with Crippen LogP contribution in [-0.2, 0) is 16.0 Å². The molecule has 0 aromatic heterocycles. The van der Waals surface area contributed by atoms with Gasteiger partial charge in [-0.25, -0.2) is 8.78 Å². The number of ketones is 1. The van der Waals surface area contributed by atoms with Crippen LogP contribution in [0.4, 0.5) is 8.78 Å². The fourth-order valence-electron chi connectivity index (χ4n) is 1.98. The van der Waals surface area contributed by atoms with Crippen LogP contribution < -0.4 is 0 Å². The molecule has 0 N–H and O–H groups in total. The molecule has 1 atom stereocenters. The number of benzene rings is 1. The van der Waals surface area contributed by atoms with E-state index in [1.807, 2.05) is 0 Å². The highest BCUT2D eigenvalue weighted by molar-refractivity contribution is 5.85. The van der Waals surface area contributed by atoms with Gasteiger partial charge >= 0.3 is 0 Å². The van der Waals surface area contributed by atoms with Gasteiger partial charge in [-0.1, -0.05) is 6.07 Å². The zero-order chi connectivity index (χ0) is 12.3. The van der Waals surface area contributed by atoms with Gasteiger partial charge in [0.2, 0.25) is 0 Å². The number of ether oxygens (including phenoxy) is 1. The Labute approximate surface area is 98.6 Å². The van der Waals surface area contributed by atoms with E-state index in [-0.39, 0.29) is 17.8 Å². The van der Waals surface area contributed by atoms with E-state index < -0.39 is 17.7 Å². The molecule has 1 fully saturated rings. The number of carbonyl (C=O) groups is 1. The molecule has 92 valence electrons. The topological polar surface area (TPSA) is 26.3 Å². The summed E-state index contributed by atoms with van der Waals surface area (Å²) in [6.07, 6.45) is 1.79. The lowest BCUT2D eigenvalue weighted by molar-refractivity contribution is -0.132. The minimum Gasteiger partial charge on any atom is -0.370 e. The summed E-state index contributed by atoms with van der Waals surface area (Å²) in [5.41, 5.74) is -0.160. The van der Waals surface area contributed by atoms with Crippen LogP contribution in [0.1, 0.15) is 24.8 Å². The van der Waals surface area contributed by atoms with Crippen molar-refractivity contribution in [3.63, 3.8) is 0 Å². The first-order chi connectivity index (χ1) is 8.18. The zero-order valence-corrected chi connectivity index (χ0v) is 9.42. The summed E-state index contributed by atoms with van der Waals surface area (Å²) in [6, 6.07) is 3.61. The van der Waals surface area contributed by atoms with E-state index >= 15 is 0 Å².